The molecule has 29 heavy (non-hydrogen) atoms. The third-order valence-corrected chi connectivity index (χ3v) is 6.69. The van der Waals surface area contributed by atoms with Crippen molar-refractivity contribution in [3.05, 3.63) is 33.3 Å². The standard InChI is InChI=1S/C19H23N5O4S/c1-11-21-14-5-3-2-4-13(14)19(26)23(11)10-17(25)20-9-18-22-15-7-6-12(24(27)28)8-16(15)29-18/h6-8,11,13-14,21H,2-5,9-10H2,1H3,(H,20,25). The molecule has 1 saturated carbocycles. The van der Waals surface area contributed by atoms with Crippen LogP contribution in [-0.2, 0) is 16.1 Å². The molecule has 4 rings (SSSR count). The van der Waals surface area contributed by atoms with Gasteiger partial charge in [-0.2, -0.15) is 0 Å². The quantitative estimate of drug-likeness (QED) is 0.569. The molecular weight excluding hydrogens is 394 g/mol. The molecule has 1 aliphatic carbocycles. The lowest BCUT2D eigenvalue weighted by molar-refractivity contribution is -0.384. The fourth-order valence-electron chi connectivity index (χ4n) is 4.18. The number of carbonyl (C=O) groups excluding carboxylic acids is 2. The summed E-state index contributed by atoms with van der Waals surface area (Å²) >= 11 is 1.31. The lowest BCUT2D eigenvalue weighted by Gasteiger charge is -2.45. The number of nitrogens with one attached hydrogen (secondary N) is 2. The Balaban J connectivity index is 1.36. The molecule has 3 unspecified atom stereocenters. The van der Waals surface area contributed by atoms with Crippen LogP contribution in [0.25, 0.3) is 10.2 Å². The molecule has 2 heterocycles. The second kappa shape index (κ2) is 8.03. The number of aromatic nitrogens is 1. The smallest absolute Gasteiger partial charge is 0.270 e. The number of hydrogen-bond donors (Lipinski definition) is 2. The lowest BCUT2D eigenvalue weighted by atomic mass is 9.81. The molecule has 2 N–H and O–H groups in total. The molecule has 2 fully saturated rings. The normalized spacial score (nSPS) is 24.4. The van der Waals surface area contributed by atoms with Crippen molar-refractivity contribution in [1.29, 1.82) is 0 Å². The van der Waals surface area contributed by atoms with E-state index in [0.717, 1.165) is 25.7 Å². The van der Waals surface area contributed by atoms with Crippen LogP contribution >= 0.6 is 11.3 Å². The molecule has 2 aliphatic rings. The maximum absolute atomic E-state index is 12.8. The van der Waals surface area contributed by atoms with Crippen LogP contribution < -0.4 is 10.6 Å². The van der Waals surface area contributed by atoms with Crippen molar-refractivity contribution in [3.8, 4) is 0 Å². The first kappa shape index (κ1) is 19.7. The predicted molar refractivity (Wildman–Crippen MR) is 108 cm³/mol. The number of nitro benzene ring substituents is 1. The molecule has 0 radical (unpaired) electrons. The van der Waals surface area contributed by atoms with Crippen LogP contribution in [0.3, 0.4) is 0 Å². The van der Waals surface area contributed by atoms with E-state index in [1.807, 2.05) is 6.92 Å². The third kappa shape index (κ3) is 4.08. The van der Waals surface area contributed by atoms with Crippen molar-refractivity contribution in [2.45, 2.75) is 51.4 Å². The topological polar surface area (TPSA) is 117 Å². The van der Waals surface area contributed by atoms with E-state index in [1.54, 1.807) is 11.0 Å². The molecule has 2 amide bonds. The van der Waals surface area contributed by atoms with E-state index < -0.39 is 4.92 Å². The Kier molecular flexibility index (Phi) is 5.46. The Morgan fingerprint density at radius 2 is 2.21 bits per heavy atom. The number of non-ortho nitro benzene ring substituents is 1. The molecule has 1 aromatic heterocycles. The van der Waals surface area contributed by atoms with E-state index in [9.17, 15) is 19.7 Å². The van der Waals surface area contributed by atoms with Crippen LogP contribution in [0.1, 0.15) is 37.6 Å². The van der Waals surface area contributed by atoms with Crippen molar-refractivity contribution in [3.63, 3.8) is 0 Å². The summed E-state index contributed by atoms with van der Waals surface area (Å²) in [4.78, 5) is 41.7. The Morgan fingerprint density at radius 1 is 1.41 bits per heavy atom. The molecule has 0 bridgehead atoms. The average molecular weight is 417 g/mol. The Bertz CT molecular complexity index is 961. The molecule has 1 saturated heterocycles. The molecule has 10 heteroatoms. The van der Waals surface area contributed by atoms with E-state index in [1.165, 1.54) is 23.5 Å². The summed E-state index contributed by atoms with van der Waals surface area (Å²) < 4.78 is 0.704. The summed E-state index contributed by atoms with van der Waals surface area (Å²) in [5, 5.41) is 17.8. The Hall–Kier alpha value is -2.59. The van der Waals surface area contributed by atoms with Crippen LogP contribution in [0.4, 0.5) is 5.69 Å². The second-order valence-corrected chi connectivity index (χ2v) is 8.71. The first-order chi connectivity index (χ1) is 13.9. The van der Waals surface area contributed by atoms with Gasteiger partial charge in [0, 0.05) is 18.2 Å². The summed E-state index contributed by atoms with van der Waals surface area (Å²) in [5.74, 6) is -0.220. The van der Waals surface area contributed by atoms with Crippen LogP contribution in [0.5, 0.6) is 0 Å². The number of fused-ring (bicyclic) bond motifs is 2. The van der Waals surface area contributed by atoms with Gasteiger partial charge in [-0.1, -0.05) is 12.8 Å². The fraction of sp³-hybridized carbons (Fsp3) is 0.526. The minimum Gasteiger partial charge on any atom is -0.348 e. The molecule has 1 aromatic carbocycles. The molecular formula is C19H23N5O4S. The monoisotopic (exact) mass is 417 g/mol. The summed E-state index contributed by atoms with van der Waals surface area (Å²) in [6.07, 6.45) is 3.91. The molecule has 154 valence electrons. The number of nitrogens with zero attached hydrogens (tertiary/aromatic N) is 3. The number of carbonyl (C=O) groups is 2. The van der Waals surface area contributed by atoms with Gasteiger partial charge in [-0.05, 0) is 25.8 Å². The van der Waals surface area contributed by atoms with Crippen LogP contribution in [0.15, 0.2) is 18.2 Å². The van der Waals surface area contributed by atoms with Gasteiger partial charge in [0.15, 0.2) is 0 Å². The van der Waals surface area contributed by atoms with Gasteiger partial charge < -0.3 is 10.2 Å². The minimum absolute atomic E-state index is 0.00653. The number of rotatable bonds is 5. The maximum Gasteiger partial charge on any atom is 0.270 e. The van der Waals surface area contributed by atoms with E-state index in [0.29, 0.717) is 15.2 Å². The van der Waals surface area contributed by atoms with E-state index >= 15 is 0 Å². The van der Waals surface area contributed by atoms with Crippen LogP contribution in [0.2, 0.25) is 0 Å². The lowest BCUT2D eigenvalue weighted by Crippen LogP contribution is -2.63. The highest BCUT2D eigenvalue weighted by Gasteiger charge is 2.41. The number of hydrogen-bond acceptors (Lipinski definition) is 7. The first-order valence-electron chi connectivity index (χ1n) is 9.79. The highest BCUT2D eigenvalue weighted by atomic mass is 32.1. The Labute approximate surface area is 171 Å². The predicted octanol–water partition coefficient (Wildman–Crippen LogP) is 2.16. The first-order valence-corrected chi connectivity index (χ1v) is 10.6. The summed E-state index contributed by atoms with van der Waals surface area (Å²) in [5.41, 5.74) is 0.681. The molecule has 0 spiro atoms. The number of benzene rings is 1. The van der Waals surface area contributed by atoms with Gasteiger partial charge in [-0.25, -0.2) is 4.98 Å². The van der Waals surface area contributed by atoms with Crippen molar-refractivity contribution in [2.24, 2.45) is 5.92 Å². The zero-order valence-electron chi connectivity index (χ0n) is 16.1. The third-order valence-electron chi connectivity index (χ3n) is 5.67. The second-order valence-electron chi connectivity index (χ2n) is 7.60. The number of nitro groups is 1. The van der Waals surface area contributed by atoms with Crippen LogP contribution in [-0.4, -0.2) is 45.4 Å². The highest BCUT2D eigenvalue weighted by Crippen LogP contribution is 2.30. The molecule has 3 atom stereocenters. The van der Waals surface area contributed by atoms with Crippen LogP contribution in [0, 0.1) is 16.0 Å². The van der Waals surface area contributed by atoms with Gasteiger partial charge in [0.2, 0.25) is 11.8 Å². The van der Waals surface area contributed by atoms with Crippen molar-refractivity contribution in [2.75, 3.05) is 6.54 Å². The molecule has 2 aromatic rings. The number of amides is 2. The van der Waals surface area contributed by atoms with Gasteiger partial charge in [-0.3, -0.25) is 25.0 Å². The maximum atomic E-state index is 12.8. The highest BCUT2D eigenvalue weighted by molar-refractivity contribution is 7.18. The van der Waals surface area contributed by atoms with E-state index in [4.69, 9.17) is 0 Å². The summed E-state index contributed by atoms with van der Waals surface area (Å²) in [6, 6.07) is 4.73. The Morgan fingerprint density at radius 3 is 3.00 bits per heavy atom. The minimum atomic E-state index is -0.442. The zero-order valence-corrected chi connectivity index (χ0v) is 16.9. The van der Waals surface area contributed by atoms with Crippen molar-refractivity contribution in [1.82, 2.24) is 20.5 Å². The van der Waals surface area contributed by atoms with E-state index in [2.05, 4.69) is 15.6 Å². The fourth-order valence-corrected chi connectivity index (χ4v) is 5.12. The SMILES string of the molecule is CC1NC2CCCCC2C(=O)N1CC(=O)NCc1nc2ccc([N+](=O)[O-])cc2s1. The van der Waals surface area contributed by atoms with Crippen molar-refractivity contribution < 1.29 is 14.5 Å². The van der Waals surface area contributed by atoms with Gasteiger partial charge in [0.25, 0.3) is 5.69 Å². The average Bonchev–Trinajstić information content (AvgIpc) is 3.11. The van der Waals surface area contributed by atoms with E-state index in [-0.39, 0.29) is 48.7 Å². The van der Waals surface area contributed by atoms with Gasteiger partial charge in [0.05, 0.1) is 33.8 Å². The summed E-state index contributed by atoms with van der Waals surface area (Å²) in [7, 11) is 0. The van der Waals surface area contributed by atoms with Gasteiger partial charge in [0.1, 0.15) is 11.6 Å². The van der Waals surface area contributed by atoms with Crippen molar-refractivity contribution >= 4 is 39.1 Å². The largest absolute Gasteiger partial charge is 0.348 e. The molecule has 1 aliphatic heterocycles. The van der Waals surface area contributed by atoms with Gasteiger partial charge >= 0.3 is 0 Å². The number of thiazole rings is 1. The summed E-state index contributed by atoms with van der Waals surface area (Å²) in [6.45, 7) is 2.14. The van der Waals surface area contributed by atoms with Gasteiger partial charge in [-0.15, -0.1) is 11.3 Å². The zero-order chi connectivity index (χ0) is 20.5. The molecule has 9 nitrogen and oxygen atoms in total.